The molecule has 5 rings (SSSR count). The molecule has 1 N–H and O–H groups in total. The van der Waals surface area contributed by atoms with Crippen LogP contribution in [0, 0.1) is 40.4 Å². The van der Waals surface area contributed by atoms with Gasteiger partial charge in [-0.05, 0) is 107 Å². The normalized spacial score (nSPS) is 55.2. The van der Waals surface area contributed by atoms with Crippen molar-refractivity contribution in [3.63, 3.8) is 0 Å². The number of rotatable bonds is 2. The van der Waals surface area contributed by atoms with E-state index < -0.39 is 0 Å². The third-order valence-electron chi connectivity index (χ3n) is 11.1. The topological polar surface area (TPSA) is 49.8 Å². The van der Waals surface area contributed by atoms with Crippen molar-refractivity contribution < 1.29 is 14.6 Å². The molecule has 0 bridgehead atoms. The van der Waals surface area contributed by atoms with Crippen LogP contribution in [0.15, 0.2) is 0 Å². The number of morpholine rings is 1. The van der Waals surface area contributed by atoms with Crippen LogP contribution >= 0.6 is 0 Å². The van der Waals surface area contributed by atoms with Gasteiger partial charge in [-0.1, -0.05) is 13.8 Å². The summed E-state index contributed by atoms with van der Waals surface area (Å²) in [6, 6.07) is 0.274. The minimum atomic E-state index is -0.199. The molecule has 0 aromatic rings. The second-order valence-corrected chi connectivity index (χ2v) is 12.7. The van der Waals surface area contributed by atoms with E-state index in [1.54, 1.807) is 0 Å². The standard InChI is InChI=1S/C27H45NO3/c1-16-14-28(15-17(2)31-16)24-13-27(5)19(12-25(24)30)6-7-20-22-9-8-21(18(3)29)26(22,4)11-10-23(20)27/h16-17,19-25,30H,6-15H2,1-5H3/t16-,17-,19-,20-,21+,22-,23-,24-,25-,26+,27-/m0/s1. The Morgan fingerprint density at radius 3 is 2.32 bits per heavy atom. The minimum absolute atomic E-state index is 0.199. The lowest BCUT2D eigenvalue weighted by molar-refractivity contribution is -0.166. The number of ketones is 1. The van der Waals surface area contributed by atoms with Gasteiger partial charge in [0.25, 0.3) is 0 Å². The maximum Gasteiger partial charge on any atom is 0.133 e. The highest BCUT2D eigenvalue weighted by atomic mass is 16.5. The first-order valence-electron chi connectivity index (χ1n) is 13.2. The number of aliphatic hydroxyl groups is 1. The molecule has 0 unspecified atom stereocenters. The molecule has 4 aliphatic carbocycles. The summed E-state index contributed by atoms with van der Waals surface area (Å²) in [4.78, 5) is 15.0. The van der Waals surface area contributed by atoms with Crippen molar-refractivity contribution in [2.24, 2.45) is 40.4 Å². The first-order chi connectivity index (χ1) is 14.6. The Balaban J connectivity index is 1.39. The number of nitrogens with zero attached hydrogens (tertiary/aromatic N) is 1. The summed E-state index contributed by atoms with van der Waals surface area (Å²) in [6.45, 7) is 13.1. The highest BCUT2D eigenvalue weighted by Crippen LogP contribution is 2.67. The Hall–Kier alpha value is -0.450. The molecule has 4 heteroatoms. The van der Waals surface area contributed by atoms with E-state index in [-0.39, 0.29) is 29.8 Å². The van der Waals surface area contributed by atoms with Crippen LogP contribution in [0.1, 0.15) is 86.0 Å². The summed E-state index contributed by atoms with van der Waals surface area (Å²) in [5, 5.41) is 11.2. The number of aliphatic hydroxyl groups excluding tert-OH is 1. The van der Waals surface area contributed by atoms with E-state index in [0.29, 0.717) is 23.0 Å². The van der Waals surface area contributed by atoms with Crippen LogP contribution in [0.4, 0.5) is 0 Å². The number of fused-ring (bicyclic) bond motifs is 5. The molecule has 0 aromatic carbocycles. The van der Waals surface area contributed by atoms with Crippen LogP contribution in [-0.2, 0) is 9.53 Å². The van der Waals surface area contributed by atoms with E-state index in [0.717, 1.165) is 50.1 Å². The number of carbonyl (C=O) groups excluding carboxylic acids is 1. The van der Waals surface area contributed by atoms with Gasteiger partial charge in [-0.25, -0.2) is 0 Å². The molecule has 11 atom stereocenters. The number of hydrogen-bond acceptors (Lipinski definition) is 4. The monoisotopic (exact) mass is 431 g/mol. The van der Waals surface area contributed by atoms with Crippen LogP contribution in [0.3, 0.4) is 0 Å². The van der Waals surface area contributed by atoms with Crippen molar-refractivity contribution in [1.82, 2.24) is 4.90 Å². The highest BCUT2D eigenvalue weighted by molar-refractivity contribution is 5.79. The van der Waals surface area contributed by atoms with E-state index in [4.69, 9.17) is 4.74 Å². The minimum Gasteiger partial charge on any atom is -0.391 e. The van der Waals surface area contributed by atoms with Gasteiger partial charge in [0.15, 0.2) is 0 Å². The van der Waals surface area contributed by atoms with Crippen LogP contribution in [0.25, 0.3) is 0 Å². The summed E-state index contributed by atoms with van der Waals surface area (Å²) in [6.07, 6.45) is 9.88. The molecule has 1 heterocycles. The van der Waals surface area contributed by atoms with Crippen molar-refractivity contribution >= 4 is 5.78 Å². The Labute approximate surface area is 189 Å². The fraction of sp³-hybridized carbons (Fsp3) is 0.963. The first kappa shape index (κ1) is 22.3. The highest BCUT2D eigenvalue weighted by Gasteiger charge is 2.62. The van der Waals surface area contributed by atoms with Crippen LogP contribution in [0.2, 0.25) is 0 Å². The van der Waals surface area contributed by atoms with E-state index in [1.165, 1.54) is 32.1 Å². The Morgan fingerprint density at radius 1 is 0.968 bits per heavy atom. The first-order valence-corrected chi connectivity index (χ1v) is 13.2. The molecule has 4 nitrogen and oxygen atoms in total. The molecule has 176 valence electrons. The quantitative estimate of drug-likeness (QED) is 0.689. The Morgan fingerprint density at radius 2 is 1.65 bits per heavy atom. The smallest absolute Gasteiger partial charge is 0.133 e. The Kier molecular flexibility index (Phi) is 5.63. The SMILES string of the molecule is CC(=O)[C@H]1CC[C@H]2[C@@H]3CC[C@H]4C[C@H](O)[C@@H](N5C[C@H](C)O[C@@H](C)C5)C[C@]4(C)[C@H]3CC[C@]12C. The third-order valence-corrected chi connectivity index (χ3v) is 11.1. The van der Waals surface area contributed by atoms with Crippen molar-refractivity contribution in [3.05, 3.63) is 0 Å². The van der Waals surface area contributed by atoms with Crippen molar-refractivity contribution in [3.8, 4) is 0 Å². The number of carbonyl (C=O) groups is 1. The molecule has 0 aromatic heterocycles. The summed E-state index contributed by atoms with van der Waals surface area (Å²) in [7, 11) is 0. The number of hydrogen-bond donors (Lipinski definition) is 1. The zero-order chi connectivity index (χ0) is 22.1. The van der Waals surface area contributed by atoms with Gasteiger partial charge in [-0.3, -0.25) is 9.69 Å². The van der Waals surface area contributed by atoms with Crippen LogP contribution in [-0.4, -0.2) is 53.2 Å². The molecule has 0 amide bonds. The van der Waals surface area contributed by atoms with Gasteiger partial charge in [-0.15, -0.1) is 0 Å². The molecule has 1 aliphatic heterocycles. The second-order valence-electron chi connectivity index (χ2n) is 12.7. The summed E-state index contributed by atoms with van der Waals surface area (Å²) in [5.41, 5.74) is 0.562. The van der Waals surface area contributed by atoms with Crippen molar-refractivity contribution in [2.45, 2.75) is 110 Å². The summed E-state index contributed by atoms with van der Waals surface area (Å²) >= 11 is 0. The second kappa shape index (κ2) is 7.81. The summed E-state index contributed by atoms with van der Waals surface area (Å²) < 4.78 is 6.00. The van der Waals surface area contributed by atoms with E-state index in [2.05, 4.69) is 32.6 Å². The summed E-state index contributed by atoms with van der Waals surface area (Å²) in [5.74, 6) is 3.65. The van der Waals surface area contributed by atoms with Gasteiger partial charge in [0.2, 0.25) is 0 Å². The zero-order valence-corrected chi connectivity index (χ0v) is 20.5. The van der Waals surface area contributed by atoms with Crippen LogP contribution in [0.5, 0.6) is 0 Å². The van der Waals surface area contributed by atoms with Crippen molar-refractivity contribution in [1.29, 1.82) is 0 Å². The van der Waals surface area contributed by atoms with Gasteiger partial charge < -0.3 is 9.84 Å². The van der Waals surface area contributed by atoms with Gasteiger partial charge in [0, 0.05) is 25.0 Å². The zero-order valence-electron chi connectivity index (χ0n) is 20.5. The molecule has 0 spiro atoms. The van der Waals surface area contributed by atoms with Gasteiger partial charge in [0.05, 0.1) is 18.3 Å². The van der Waals surface area contributed by atoms with Gasteiger partial charge >= 0.3 is 0 Å². The lowest BCUT2D eigenvalue weighted by Crippen LogP contribution is -2.62. The average molecular weight is 432 g/mol. The van der Waals surface area contributed by atoms with Crippen molar-refractivity contribution in [2.75, 3.05) is 13.1 Å². The molecule has 5 aliphatic rings. The largest absolute Gasteiger partial charge is 0.391 e. The van der Waals surface area contributed by atoms with E-state index >= 15 is 0 Å². The predicted octanol–water partition coefficient (Wildman–Crippen LogP) is 4.68. The maximum atomic E-state index is 12.4. The molecular weight excluding hydrogens is 386 g/mol. The van der Waals surface area contributed by atoms with Gasteiger partial charge in [0.1, 0.15) is 5.78 Å². The molecule has 1 saturated heterocycles. The van der Waals surface area contributed by atoms with Gasteiger partial charge in [-0.2, -0.15) is 0 Å². The fourth-order valence-corrected chi connectivity index (χ4v) is 9.80. The van der Waals surface area contributed by atoms with E-state index in [1.807, 2.05) is 6.92 Å². The van der Waals surface area contributed by atoms with Crippen LogP contribution < -0.4 is 0 Å². The average Bonchev–Trinajstić information content (AvgIpc) is 3.05. The third kappa shape index (κ3) is 3.46. The molecule has 0 radical (unpaired) electrons. The maximum absolute atomic E-state index is 12.4. The Bertz CT molecular complexity index is 701. The number of ether oxygens (including phenoxy) is 1. The lowest BCUT2D eigenvalue weighted by Gasteiger charge is -2.62. The molecule has 4 saturated carbocycles. The lowest BCUT2D eigenvalue weighted by atomic mass is 9.44. The van der Waals surface area contributed by atoms with E-state index in [9.17, 15) is 9.90 Å². The molecular formula is C27H45NO3. The molecule has 31 heavy (non-hydrogen) atoms. The fourth-order valence-electron chi connectivity index (χ4n) is 9.80. The molecule has 5 fully saturated rings. The predicted molar refractivity (Wildman–Crippen MR) is 123 cm³/mol. The number of Topliss-reactive ketones (excluding diaryl/α,β-unsaturated/α-hetero) is 1.